The van der Waals surface area contributed by atoms with Crippen LogP contribution in [-0.4, -0.2) is 10.5 Å². The summed E-state index contributed by atoms with van der Waals surface area (Å²) in [7, 11) is 1.63. The molecule has 0 bridgehead atoms. The molecule has 6 nitrogen and oxygen atoms in total. The number of aromatic nitrogens is 1. The minimum absolute atomic E-state index is 0.0403. The SMILES string of the molecule is Cn1cccc(CNC(=O)c2cc3ccccc3oc2=O)c1=O. The van der Waals surface area contributed by atoms with Crippen LogP contribution >= 0.6 is 0 Å². The van der Waals surface area contributed by atoms with Gasteiger partial charge in [-0.25, -0.2) is 4.79 Å². The number of nitrogens with zero attached hydrogens (tertiary/aromatic N) is 1. The smallest absolute Gasteiger partial charge is 0.349 e. The number of amides is 1. The summed E-state index contributed by atoms with van der Waals surface area (Å²) in [6, 6.07) is 11.8. The van der Waals surface area contributed by atoms with Gasteiger partial charge in [0.25, 0.3) is 11.5 Å². The molecule has 0 atom stereocenters. The largest absolute Gasteiger partial charge is 0.422 e. The van der Waals surface area contributed by atoms with E-state index in [9.17, 15) is 14.4 Å². The molecule has 0 spiro atoms. The monoisotopic (exact) mass is 310 g/mol. The van der Waals surface area contributed by atoms with Gasteiger partial charge in [-0.15, -0.1) is 0 Å². The van der Waals surface area contributed by atoms with Crippen LogP contribution in [0.3, 0.4) is 0 Å². The minimum atomic E-state index is -0.706. The van der Waals surface area contributed by atoms with Crippen LogP contribution in [0, 0.1) is 0 Å². The lowest BCUT2D eigenvalue weighted by Crippen LogP contribution is -2.31. The van der Waals surface area contributed by atoms with Gasteiger partial charge in [0.15, 0.2) is 0 Å². The van der Waals surface area contributed by atoms with Gasteiger partial charge < -0.3 is 14.3 Å². The molecule has 0 radical (unpaired) electrons. The van der Waals surface area contributed by atoms with Crippen molar-refractivity contribution < 1.29 is 9.21 Å². The number of para-hydroxylation sites is 1. The zero-order chi connectivity index (χ0) is 16.4. The number of pyridine rings is 1. The van der Waals surface area contributed by atoms with Crippen LogP contribution in [0.2, 0.25) is 0 Å². The zero-order valence-corrected chi connectivity index (χ0v) is 12.4. The number of hydrogen-bond donors (Lipinski definition) is 1. The van der Waals surface area contributed by atoms with Gasteiger partial charge in [0.05, 0.1) is 0 Å². The third-order valence-corrected chi connectivity index (χ3v) is 3.53. The Morgan fingerprint density at radius 3 is 2.78 bits per heavy atom. The molecule has 0 saturated carbocycles. The minimum Gasteiger partial charge on any atom is -0.422 e. The summed E-state index contributed by atoms with van der Waals surface area (Å²) in [6.07, 6.45) is 1.63. The highest BCUT2D eigenvalue weighted by atomic mass is 16.4. The van der Waals surface area contributed by atoms with Crippen LogP contribution in [0.1, 0.15) is 15.9 Å². The molecular formula is C17H14N2O4. The fraction of sp³-hybridized carbons (Fsp3) is 0.118. The standard InChI is InChI=1S/C17H14N2O4/c1-19-8-4-6-12(16(19)21)10-18-15(20)13-9-11-5-2-3-7-14(11)23-17(13)22/h2-9H,10H2,1H3,(H,18,20). The Morgan fingerprint density at radius 2 is 1.96 bits per heavy atom. The summed E-state index contributed by atoms with van der Waals surface area (Å²) in [6.45, 7) is 0.0403. The van der Waals surface area contributed by atoms with Crippen molar-refractivity contribution in [1.82, 2.24) is 9.88 Å². The molecule has 0 aliphatic rings. The molecule has 0 aliphatic carbocycles. The Morgan fingerprint density at radius 1 is 1.17 bits per heavy atom. The first-order chi connectivity index (χ1) is 11.1. The number of hydrogen-bond acceptors (Lipinski definition) is 4. The molecule has 1 N–H and O–H groups in total. The Hall–Kier alpha value is -3.15. The second-order valence-corrected chi connectivity index (χ2v) is 5.12. The summed E-state index contributed by atoms with van der Waals surface area (Å²) in [5.74, 6) is -0.574. The van der Waals surface area contributed by atoms with Gasteiger partial charge in [-0.3, -0.25) is 9.59 Å². The lowest BCUT2D eigenvalue weighted by atomic mass is 10.1. The quantitative estimate of drug-likeness (QED) is 0.742. The average molecular weight is 310 g/mol. The Labute approximate surface area is 131 Å². The normalized spacial score (nSPS) is 10.7. The first kappa shape index (κ1) is 14.8. The van der Waals surface area contributed by atoms with E-state index in [1.54, 1.807) is 49.6 Å². The van der Waals surface area contributed by atoms with E-state index < -0.39 is 11.5 Å². The van der Waals surface area contributed by atoms with E-state index >= 15 is 0 Å². The lowest BCUT2D eigenvalue weighted by molar-refractivity contribution is 0.0947. The maximum atomic E-state index is 12.2. The van der Waals surface area contributed by atoms with Gasteiger partial charge in [0.2, 0.25) is 0 Å². The number of aryl methyl sites for hydroxylation is 1. The number of benzene rings is 1. The molecule has 1 aromatic carbocycles. The van der Waals surface area contributed by atoms with Crippen LogP contribution in [0.4, 0.5) is 0 Å². The topological polar surface area (TPSA) is 81.3 Å². The molecular weight excluding hydrogens is 296 g/mol. The number of rotatable bonds is 3. The third kappa shape index (κ3) is 2.91. The highest BCUT2D eigenvalue weighted by molar-refractivity contribution is 5.96. The maximum absolute atomic E-state index is 12.2. The maximum Gasteiger partial charge on any atom is 0.349 e. The molecule has 3 aromatic rings. The van der Waals surface area contributed by atoms with Gasteiger partial charge >= 0.3 is 5.63 Å². The van der Waals surface area contributed by atoms with Crippen molar-refractivity contribution in [2.24, 2.45) is 7.05 Å². The highest BCUT2D eigenvalue weighted by Gasteiger charge is 2.14. The first-order valence-corrected chi connectivity index (χ1v) is 7.02. The summed E-state index contributed by atoms with van der Waals surface area (Å²) in [5, 5.41) is 3.24. The fourth-order valence-corrected chi connectivity index (χ4v) is 2.28. The molecule has 3 rings (SSSR count). The third-order valence-electron chi connectivity index (χ3n) is 3.53. The van der Waals surface area contributed by atoms with Crippen molar-refractivity contribution in [3.63, 3.8) is 0 Å². The van der Waals surface area contributed by atoms with E-state index in [2.05, 4.69) is 5.32 Å². The number of fused-ring (bicyclic) bond motifs is 1. The second-order valence-electron chi connectivity index (χ2n) is 5.12. The fourth-order valence-electron chi connectivity index (χ4n) is 2.28. The molecule has 2 heterocycles. The van der Waals surface area contributed by atoms with E-state index in [4.69, 9.17) is 4.42 Å². The molecule has 0 aliphatic heterocycles. The van der Waals surface area contributed by atoms with E-state index in [1.807, 2.05) is 0 Å². The van der Waals surface area contributed by atoms with Gasteiger partial charge in [-0.2, -0.15) is 0 Å². The van der Waals surface area contributed by atoms with Crippen molar-refractivity contribution in [1.29, 1.82) is 0 Å². The van der Waals surface area contributed by atoms with Crippen molar-refractivity contribution in [2.45, 2.75) is 6.54 Å². The van der Waals surface area contributed by atoms with Gasteiger partial charge in [-0.1, -0.05) is 24.3 Å². The highest BCUT2D eigenvalue weighted by Crippen LogP contribution is 2.12. The average Bonchev–Trinajstić information content (AvgIpc) is 2.55. The second kappa shape index (κ2) is 5.92. The summed E-state index contributed by atoms with van der Waals surface area (Å²) < 4.78 is 6.55. The molecule has 116 valence electrons. The molecule has 0 saturated heterocycles. The van der Waals surface area contributed by atoms with Crippen LogP contribution in [-0.2, 0) is 13.6 Å². The predicted molar refractivity (Wildman–Crippen MR) is 85.3 cm³/mol. The van der Waals surface area contributed by atoms with E-state index in [-0.39, 0.29) is 17.7 Å². The summed E-state index contributed by atoms with van der Waals surface area (Å²) in [4.78, 5) is 36.0. The Balaban J connectivity index is 1.86. The number of nitrogens with one attached hydrogen (secondary N) is 1. The number of carbonyl (C=O) groups is 1. The molecule has 0 unspecified atom stereocenters. The van der Waals surface area contributed by atoms with Gasteiger partial charge in [0, 0.05) is 30.7 Å². The number of carbonyl (C=O) groups excluding carboxylic acids is 1. The molecule has 0 fully saturated rings. The van der Waals surface area contributed by atoms with Crippen LogP contribution in [0.5, 0.6) is 0 Å². The molecule has 6 heteroatoms. The van der Waals surface area contributed by atoms with Crippen molar-refractivity contribution in [3.05, 3.63) is 80.6 Å². The molecule has 1 amide bonds. The Kier molecular flexibility index (Phi) is 3.80. The predicted octanol–water partition coefficient (Wildman–Crippen LogP) is 1.42. The Bertz CT molecular complexity index is 1000. The van der Waals surface area contributed by atoms with Crippen molar-refractivity contribution in [3.8, 4) is 0 Å². The van der Waals surface area contributed by atoms with E-state index in [0.717, 1.165) is 0 Å². The van der Waals surface area contributed by atoms with Crippen molar-refractivity contribution in [2.75, 3.05) is 0 Å². The van der Waals surface area contributed by atoms with E-state index in [0.29, 0.717) is 16.5 Å². The van der Waals surface area contributed by atoms with Gasteiger partial charge in [-0.05, 0) is 18.2 Å². The van der Waals surface area contributed by atoms with Crippen molar-refractivity contribution >= 4 is 16.9 Å². The molecule has 23 heavy (non-hydrogen) atoms. The molecule has 2 aromatic heterocycles. The van der Waals surface area contributed by atoms with Crippen LogP contribution < -0.4 is 16.5 Å². The summed E-state index contributed by atoms with van der Waals surface area (Å²) in [5.41, 5.74) is -0.128. The van der Waals surface area contributed by atoms with Crippen LogP contribution in [0.25, 0.3) is 11.0 Å². The first-order valence-electron chi connectivity index (χ1n) is 7.02. The zero-order valence-electron chi connectivity index (χ0n) is 12.4. The van der Waals surface area contributed by atoms with Crippen LogP contribution in [0.15, 0.2) is 62.7 Å². The lowest BCUT2D eigenvalue weighted by Gasteiger charge is -2.06. The van der Waals surface area contributed by atoms with Gasteiger partial charge in [0.1, 0.15) is 11.1 Å². The van der Waals surface area contributed by atoms with E-state index in [1.165, 1.54) is 10.6 Å². The summed E-state index contributed by atoms with van der Waals surface area (Å²) >= 11 is 0.